The van der Waals surface area contributed by atoms with Crippen LogP contribution in [0.5, 0.6) is 0 Å². The highest BCUT2D eigenvalue weighted by molar-refractivity contribution is 5.42. The second-order valence-corrected chi connectivity index (χ2v) is 4.00. The molecule has 3 N–H and O–H groups in total. The second kappa shape index (κ2) is 6.27. The zero-order valence-electron chi connectivity index (χ0n) is 10.1. The molecule has 1 unspecified atom stereocenters. The van der Waals surface area contributed by atoms with Crippen molar-refractivity contribution in [2.24, 2.45) is 5.92 Å². The molecule has 5 nitrogen and oxygen atoms in total. The fourth-order valence-corrected chi connectivity index (χ4v) is 1.31. The SMILES string of the molecule is CCNc1cncc(NC(CO)C(C)C)n1. The first-order valence-electron chi connectivity index (χ1n) is 5.60. The van der Waals surface area contributed by atoms with Gasteiger partial charge in [-0.3, -0.25) is 4.98 Å². The van der Waals surface area contributed by atoms with Gasteiger partial charge in [0.15, 0.2) is 0 Å². The van der Waals surface area contributed by atoms with Crippen LogP contribution in [0.25, 0.3) is 0 Å². The largest absolute Gasteiger partial charge is 0.394 e. The van der Waals surface area contributed by atoms with Crippen molar-refractivity contribution in [1.82, 2.24) is 9.97 Å². The first kappa shape index (κ1) is 12.7. The molecule has 0 aliphatic heterocycles. The van der Waals surface area contributed by atoms with Gasteiger partial charge in [0.25, 0.3) is 0 Å². The molecule has 90 valence electrons. The van der Waals surface area contributed by atoms with Crippen LogP contribution in [0.4, 0.5) is 11.6 Å². The van der Waals surface area contributed by atoms with Gasteiger partial charge in [-0.2, -0.15) is 0 Å². The quantitative estimate of drug-likeness (QED) is 0.680. The number of rotatable bonds is 6. The maximum atomic E-state index is 9.20. The molecule has 0 spiro atoms. The van der Waals surface area contributed by atoms with Gasteiger partial charge in [-0.25, -0.2) is 4.98 Å². The summed E-state index contributed by atoms with van der Waals surface area (Å²) in [5, 5.41) is 15.5. The summed E-state index contributed by atoms with van der Waals surface area (Å²) in [5.41, 5.74) is 0. The van der Waals surface area contributed by atoms with Crippen molar-refractivity contribution in [1.29, 1.82) is 0 Å². The van der Waals surface area contributed by atoms with E-state index in [1.54, 1.807) is 12.4 Å². The van der Waals surface area contributed by atoms with E-state index in [9.17, 15) is 5.11 Å². The Labute approximate surface area is 96.3 Å². The summed E-state index contributed by atoms with van der Waals surface area (Å²) in [6.07, 6.45) is 3.34. The van der Waals surface area contributed by atoms with Crippen LogP contribution in [0, 0.1) is 5.92 Å². The van der Waals surface area contributed by atoms with Crippen LogP contribution >= 0.6 is 0 Å². The molecule has 0 aliphatic carbocycles. The molecule has 0 amide bonds. The lowest BCUT2D eigenvalue weighted by molar-refractivity contribution is 0.249. The summed E-state index contributed by atoms with van der Waals surface area (Å²) < 4.78 is 0. The van der Waals surface area contributed by atoms with Gasteiger partial charge in [-0.15, -0.1) is 0 Å². The molecular formula is C11H20N4O. The Bertz CT molecular complexity index is 317. The predicted molar refractivity (Wildman–Crippen MR) is 65.5 cm³/mol. The number of aromatic nitrogens is 2. The molecule has 0 fully saturated rings. The number of anilines is 2. The maximum absolute atomic E-state index is 9.20. The molecule has 0 aliphatic rings. The van der Waals surface area contributed by atoms with Crippen molar-refractivity contribution in [3.63, 3.8) is 0 Å². The first-order chi connectivity index (χ1) is 7.67. The molecule has 1 aromatic heterocycles. The fraction of sp³-hybridized carbons (Fsp3) is 0.636. The lowest BCUT2D eigenvalue weighted by atomic mass is 10.1. The lowest BCUT2D eigenvalue weighted by Gasteiger charge is -2.20. The fourth-order valence-electron chi connectivity index (χ4n) is 1.31. The standard InChI is InChI=1S/C11H20N4O/c1-4-13-10-5-12-6-11(15-10)14-9(7-16)8(2)3/h5-6,8-9,16H,4,7H2,1-3H3,(H2,13,14,15). The molecule has 1 rings (SSSR count). The van der Waals surface area contributed by atoms with Crippen LogP contribution in [0.3, 0.4) is 0 Å². The van der Waals surface area contributed by atoms with Gasteiger partial charge in [0.2, 0.25) is 0 Å². The Morgan fingerprint density at radius 3 is 2.56 bits per heavy atom. The van der Waals surface area contributed by atoms with Gasteiger partial charge in [-0.1, -0.05) is 13.8 Å². The van der Waals surface area contributed by atoms with Crippen molar-refractivity contribution >= 4 is 11.6 Å². The van der Waals surface area contributed by atoms with Crippen molar-refractivity contribution in [3.05, 3.63) is 12.4 Å². The Kier molecular flexibility index (Phi) is 4.98. The normalized spacial score (nSPS) is 12.6. The van der Waals surface area contributed by atoms with E-state index in [1.807, 2.05) is 6.92 Å². The zero-order chi connectivity index (χ0) is 12.0. The predicted octanol–water partition coefficient (Wildman–Crippen LogP) is 1.34. The Morgan fingerprint density at radius 1 is 1.31 bits per heavy atom. The summed E-state index contributed by atoms with van der Waals surface area (Å²) in [4.78, 5) is 8.42. The third kappa shape index (κ3) is 3.66. The molecular weight excluding hydrogens is 204 g/mol. The van der Waals surface area contributed by atoms with Gasteiger partial charge < -0.3 is 15.7 Å². The van der Waals surface area contributed by atoms with E-state index < -0.39 is 0 Å². The monoisotopic (exact) mass is 224 g/mol. The smallest absolute Gasteiger partial charge is 0.147 e. The Balaban J connectivity index is 2.68. The summed E-state index contributed by atoms with van der Waals surface area (Å²) in [6.45, 7) is 7.01. The van der Waals surface area contributed by atoms with Crippen molar-refractivity contribution in [2.75, 3.05) is 23.8 Å². The van der Waals surface area contributed by atoms with Crippen molar-refractivity contribution < 1.29 is 5.11 Å². The molecule has 1 aromatic rings. The van der Waals surface area contributed by atoms with Crippen LogP contribution in [-0.2, 0) is 0 Å². The zero-order valence-corrected chi connectivity index (χ0v) is 10.1. The van der Waals surface area contributed by atoms with E-state index in [4.69, 9.17) is 0 Å². The molecule has 16 heavy (non-hydrogen) atoms. The molecule has 0 radical (unpaired) electrons. The second-order valence-electron chi connectivity index (χ2n) is 4.00. The minimum absolute atomic E-state index is 0.00572. The average molecular weight is 224 g/mol. The number of hydrogen-bond acceptors (Lipinski definition) is 5. The van der Waals surface area contributed by atoms with E-state index in [0.29, 0.717) is 11.7 Å². The third-order valence-electron chi connectivity index (χ3n) is 2.33. The lowest BCUT2D eigenvalue weighted by Crippen LogP contribution is -2.30. The van der Waals surface area contributed by atoms with E-state index in [2.05, 4.69) is 34.4 Å². The molecule has 0 bridgehead atoms. The maximum Gasteiger partial charge on any atom is 0.147 e. The van der Waals surface area contributed by atoms with E-state index in [0.717, 1.165) is 12.4 Å². The first-order valence-corrected chi connectivity index (χ1v) is 5.60. The summed E-state index contributed by atoms with van der Waals surface area (Å²) in [7, 11) is 0. The van der Waals surface area contributed by atoms with E-state index in [-0.39, 0.29) is 12.6 Å². The number of aliphatic hydroxyl groups is 1. The van der Waals surface area contributed by atoms with Gasteiger partial charge in [0.05, 0.1) is 25.0 Å². The van der Waals surface area contributed by atoms with E-state index >= 15 is 0 Å². The van der Waals surface area contributed by atoms with Crippen LogP contribution < -0.4 is 10.6 Å². The summed E-state index contributed by atoms with van der Waals surface area (Å²) in [6, 6.07) is 0.00572. The van der Waals surface area contributed by atoms with E-state index in [1.165, 1.54) is 0 Å². The minimum Gasteiger partial charge on any atom is -0.394 e. The van der Waals surface area contributed by atoms with Gasteiger partial charge in [0, 0.05) is 6.54 Å². The number of hydrogen-bond donors (Lipinski definition) is 3. The van der Waals surface area contributed by atoms with Gasteiger partial charge in [0.1, 0.15) is 11.6 Å². The third-order valence-corrected chi connectivity index (χ3v) is 2.33. The minimum atomic E-state index is 0.00572. The van der Waals surface area contributed by atoms with Crippen LogP contribution in [-0.4, -0.2) is 34.3 Å². The highest BCUT2D eigenvalue weighted by Crippen LogP contribution is 2.11. The Hall–Kier alpha value is -1.36. The molecule has 1 atom stereocenters. The van der Waals surface area contributed by atoms with Crippen LogP contribution in [0.1, 0.15) is 20.8 Å². The molecule has 5 heteroatoms. The number of nitrogens with zero attached hydrogens (tertiary/aromatic N) is 2. The summed E-state index contributed by atoms with van der Waals surface area (Å²) >= 11 is 0. The van der Waals surface area contributed by atoms with Crippen molar-refractivity contribution in [2.45, 2.75) is 26.8 Å². The average Bonchev–Trinajstić information content (AvgIpc) is 2.26. The topological polar surface area (TPSA) is 70.1 Å². The highest BCUT2D eigenvalue weighted by atomic mass is 16.3. The molecule has 1 heterocycles. The van der Waals surface area contributed by atoms with Crippen LogP contribution in [0.2, 0.25) is 0 Å². The van der Waals surface area contributed by atoms with Gasteiger partial charge >= 0.3 is 0 Å². The number of aliphatic hydroxyl groups excluding tert-OH is 1. The Morgan fingerprint density at radius 2 is 2.00 bits per heavy atom. The molecule has 0 aromatic carbocycles. The van der Waals surface area contributed by atoms with Gasteiger partial charge in [-0.05, 0) is 12.8 Å². The number of nitrogens with one attached hydrogen (secondary N) is 2. The highest BCUT2D eigenvalue weighted by Gasteiger charge is 2.12. The molecule has 0 saturated heterocycles. The van der Waals surface area contributed by atoms with Crippen LogP contribution in [0.15, 0.2) is 12.4 Å². The summed E-state index contributed by atoms with van der Waals surface area (Å²) in [5.74, 6) is 1.77. The molecule has 0 saturated carbocycles. The van der Waals surface area contributed by atoms with Crippen molar-refractivity contribution in [3.8, 4) is 0 Å².